The molecule has 0 bridgehead atoms. The molecule has 0 spiro atoms. The van der Waals surface area contributed by atoms with Crippen molar-refractivity contribution in [1.29, 1.82) is 0 Å². The maximum absolute atomic E-state index is 12.8. The van der Waals surface area contributed by atoms with Gasteiger partial charge in [0.15, 0.2) is 0 Å². The minimum Gasteiger partial charge on any atom is -0.497 e. The smallest absolute Gasteiger partial charge is 0.270 e. The third kappa shape index (κ3) is 7.46. The number of hydrogen-bond donors (Lipinski definition) is 1. The summed E-state index contributed by atoms with van der Waals surface area (Å²) in [4.78, 5) is 17.3. The number of amides is 1. The van der Waals surface area contributed by atoms with Crippen LogP contribution >= 0.6 is 11.3 Å². The van der Waals surface area contributed by atoms with Crippen LogP contribution in [0.3, 0.4) is 0 Å². The Bertz CT molecular complexity index is 730. The standard InChI is InChI=1S/C24H34N2O2S/c1-28-21-15-13-19(14-16-21)17-23-26-22(18-29-23)24(27)25-20-11-9-7-5-3-2-4-6-8-10-12-20/h13-16,18,20H,2-12,17H2,1H3,(H,25,27). The average molecular weight is 415 g/mol. The molecule has 158 valence electrons. The van der Waals surface area contributed by atoms with Crippen molar-refractivity contribution >= 4 is 17.2 Å². The fraction of sp³-hybridized carbons (Fsp3) is 0.583. The summed E-state index contributed by atoms with van der Waals surface area (Å²) in [5.41, 5.74) is 1.73. The summed E-state index contributed by atoms with van der Waals surface area (Å²) in [6.45, 7) is 0. The van der Waals surface area contributed by atoms with Crippen molar-refractivity contribution < 1.29 is 9.53 Å². The zero-order valence-electron chi connectivity index (χ0n) is 17.6. The molecule has 1 fully saturated rings. The summed E-state index contributed by atoms with van der Waals surface area (Å²) in [6, 6.07) is 8.30. The Hall–Kier alpha value is -1.88. The van der Waals surface area contributed by atoms with Crippen molar-refractivity contribution in [3.8, 4) is 5.75 Å². The number of benzene rings is 1. The zero-order chi connectivity index (χ0) is 20.3. The molecule has 0 radical (unpaired) electrons. The first kappa shape index (κ1) is 21.8. The number of rotatable bonds is 5. The van der Waals surface area contributed by atoms with Crippen LogP contribution in [0.25, 0.3) is 0 Å². The summed E-state index contributed by atoms with van der Waals surface area (Å²) in [5, 5.41) is 6.13. The summed E-state index contributed by atoms with van der Waals surface area (Å²) in [6.07, 6.45) is 14.7. The van der Waals surface area contributed by atoms with Crippen molar-refractivity contribution in [2.24, 2.45) is 0 Å². The first-order valence-corrected chi connectivity index (χ1v) is 12.0. The highest BCUT2D eigenvalue weighted by molar-refractivity contribution is 7.09. The number of methoxy groups -OCH3 is 1. The van der Waals surface area contributed by atoms with E-state index in [2.05, 4.69) is 10.3 Å². The Morgan fingerprint density at radius 1 is 1.00 bits per heavy atom. The van der Waals surface area contributed by atoms with Crippen LogP contribution in [0.5, 0.6) is 5.75 Å². The average Bonchev–Trinajstić information content (AvgIpc) is 3.19. The third-order valence-corrected chi connectivity index (χ3v) is 6.59. The van der Waals surface area contributed by atoms with E-state index in [1.54, 1.807) is 18.4 Å². The number of ether oxygens (including phenoxy) is 1. The van der Waals surface area contributed by atoms with E-state index in [0.717, 1.165) is 30.0 Å². The third-order valence-electron chi connectivity index (χ3n) is 5.74. The molecule has 29 heavy (non-hydrogen) atoms. The molecule has 0 atom stereocenters. The lowest BCUT2D eigenvalue weighted by Gasteiger charge is -2.19. The Balaban J connectivity index is 1.53. The van der Waals surface area contributed by atoms with Gasteiger partial charge in [0.1, 0.15) is 11.4 Å². The predicted octanol–water partition coefficient (Wildman–Crippen LogP) is 6.15. The van der Waals surface area contributed by atoms with E-state index in [4.69, 9.17) is 4.74 Å². The van der Waals surface area contributed by atoms with Crippen LogP contribution in [0.4, 0.5) is 0 Å². The number of carbonyl (C=O) groups excluding carboxylic acids is 1. The molecule has 1 heterocycles. The van der Waals surface area contributed by atoms with E-state index < -0.39 is 0 Å². The molecule has 1 aromatic carbocycles. The predicted molar refractivity (Wildman–Crippen MR) is 120 cm³/mol. The molecule has 0 saturated heterocycles. The monoisotopic (exact) mass is 414 g/mol. The zero-order valence-corrected chi connectivity index (χ0v) is 18.4. The fourth-order valence-electron chi connectivity index (χ4n) is 3.98. The first-order chi connectivity index (χ1) is 14.2. The second kappa shape index (κ2) is 12.0. The van der Waals surface area contributed by atoms with Gasteiger partial charge in [-0.3, -0.25) is 4.79 Å². The number of nitrogens with one attached hydrogen (secondary N) is 1. The van der Waals surface area contributed by atoms with Gasteiger partial charge in [-0.2, -0.15) is 0 Å². The fourth-order valence-corrected chi connectivity index (χ4v) is 4.79. The van der Waals surface area contributed by atoms with Crippen LogP contribution in [0.2, 0.25) is 0 Å². The van der Waals surface area contributed by atoms with Crippen molar-refractivity contribution in [1.82, 2.24) is 10.3 Å². The van der Waals surface area contributed by atoms with E-state index in [0.29, 0.717) is 5.69 Å². The molecular weight excluding hydrogens is 380 g/mol. The van der Waals surface area contributed by atoms with E-state index in [1.165, 1.54) is 63.4 Å². The van der Waals surface area contributed by atoms with E-state index >= 15 is 0 Å². The molecular formula is C24H34N2O2S. The molecule has 5 heteroatoms. The normalized spacial score (nSPS) is 17.1. The number of nitrogens with zero attached hydrogens (tertiary/aromatic N) is 1. The lowest BCUT2D eigenvalue weighted by atomic mass is 9.98. The van der Waals surface area contributed by atoms with Crippen LogP contribution in [0, 0.1) is 0 Å². The molecule has 0 aliphatic heterocycles. The number of carbonyl (C=O) groups is 1. The van der Waals surface area contributed by atoms with Crippen molar-refractivity contribution in [3.63, 3.8) is 0 Å². The SMILES string of the molecule is COc1ccc(Cc2nc(C(=O)NC3CCCCCCCCCCC3)cs2)cc1. The maximum atomic E-state index is 12.8. The van der Waals surface area contributed by atoms with Gasteiger partial charge in [-0.15, -0.1) is 11.3 Å². The van der Waals surface area contributed by atoms with Gasteiger partial charge >= 0.3 is 0 Å². The molecule has 1 amide bonds. The molecule has 4 nitrogen and oxygen atoms in total. The Labute approximate surface area is 179 Å². The topological polar surface area (TPSA) is 51.2 Å². The maximum Gasteiger partial charge on any atom is 0.270 e. The second-order valence-electron chi connectivity index (χ2n) is 8.08. The van der Waals surface area contributed by atoms with Gasteiger partial charge in [-0.05, 0) is 30.5 Å². The number of hydrogen-bond acceptors (Lipinski definition) is 4. The number of aromatic nitrogens is 1. The highest BCUT2D eigenvalue weighted by Crippen LogP contribution is 2.20. The highest BCUT2D eigenvalue weighted by atomic mass is 32.1. The molecule has 1 aliphatic carbocycles. The molecule has 1 aliphatic rings. The van der Waals surface area contributed by atoms with Gasteiger partial charge in [-0.25, -0.2) is 4.98 Å². The van der Waals surface area contributed by atoms with Crippen LogP contribution in [-0.4, -0.2) is 24.0 Å². The van der Waals surface area contributed by atoms with Crippen LogP contribution in [0.15, 0.2) is 29.6 Å². The molecule has 1 aromatic heterocycles. The molecule has 1 saturated carbocycles. The van der Waals surface area contributed by atoms with Crippen molar-refractivity contribution in [2.75, 3.05) is 7.11 Å². The lowest BCUT2D eigenvalue weighted by molar-refractivity contribution is 0.0927. The first-order valence-electron chi connectivity index (χ1n) is 11.1. The minimum absolute atomic E-state index is 0.0145. The Kier molecular flexibility index (Phi) is 9.00. The summed E-state index contributed by atoms with van der Waals surface area (Å²) in [5.74, 6) is 0.837. The van der Waals surface area contributed by atoms with Crippen LogP contribution in [-0.2, 0) is 6.42 Å². The van der Waals surface area contributed by atoms with E-state index in [9.17, 15) is 4.79 Å². The van der Waals surface area contributed by atoms with Gasteiger partial charge in [0.2, 0.25) is 0 Å². The van der Waals surface area contributed by atoms with Gasteiger partial charge in [0, 0.05) is 17.8 Å². The van der Waals surface area contributed by atoms with Gasteiger partial charge in [-0.1, -0.05) is 69.9 Å². The van der Waals surface area contributed by atoms with Gasteiger partial charge in [0.25, 0.3) is 5.91 Å². The van der Waals surface area contributed by atoms with Crippen LogP contribution in [0.1, 0.15) is 91.7 Å². The Morgan fingerprint density at radius 2 is 1.59 bits per heavy atom. The van der Waals surface area contributed by atoms with Crippen molar-refractivity contribution in [2.45, 2.75) is 83.1 Å². The molecule has 3 rings (SSSR count). The van der Waals surface area contributed by atoms with E-state index in [1.807, 2.05) is 29.6 Å². The highest BCUT2D eigenvalue weighted by Gasteiger charge is 2.16. The summed E-state index contributed by atoms with van der Waals surface area (Å²) in [7, 11) is 1.67. The molecule has 0 unspecified atom stereocenters. The largest absolute Gasteiger partial charge is 0.497 e. The summed E-state index contributed by atoms with van der Waals surface area (Å²) >= 11 is 1.56. The van der Waals surface area contributed by atoms with Crippen LogP contribution < -0.4 is 10.1 Å². The van der Waals surface area contributed by atoms with Gasteiger partial charge in [0.05, 0.1) is 12.1 Å². The summed E-state index contributed by atoms with van der Waals surface area (Å²) < 4.78 is 5.21. The number of thiazole rings is 1. The lowest BCUT2D eigenvalue weighted by Crippen LogP contribution is -2.35. The Morgan fingerprint density at radius 3 is 2.17 bits per heavy atom. The quantitative estimate of drug-likeness (QED) is 0.639. The van der Waals surface area contributed by atoms with E-state index in [-0.39, 0.29) is 11.9 Å². The molecule has 2 aromatic rings. The molecule has 1 N–H and O–H groups in total. The minimum atomic E-state index is -0.0145. The van der Waals surface area contributed by atoms with Crippen molar-refractivity contribution in [3.05, 3.63) is 45.9 Å². The van der Waals surface area contributed by atoms with Gasteiger partial charge < -0.3 is 10.1 Å². The second-order valence-corrected chi connectivity index (χ2v) is 9.02.